The van der Waals surface area contributed by atoms with E-state index in [4.69, 9.17) is 4.74 Å². The van der Waals surface area contributed by atoms with Crippen molar-refractivity contribution in [2.24, 2.45) is 34.5 Å². The average molecular weight is 356 g/mol. The third kappa shape index (κ3) is 1.73. The lowest BCUT2D eigenvalue weighted by atomic mass is 9.44. The van der Waals surface area contributed by atoms with E-state index in [1.165, 1.54) is 5.57 Å². The van der Waals surface area contributed by atoms with Crippen molar-refractivity contribution in [1.29, 1.82) is 0 Å². The Bertz CT molecular complexity index is 766. The van der Waals surface area contributed by atoms with Crippen molar-refractivity contribution in [3.8, 4) is 0 Å². The zero-order valence-corrected chi connectivity index (χ0v) is 15.8. The summed E-state index contributed by atoms with van der Waals surface area (Å²) < 4.78 is 5.93. The molecule has 4 heteroatoms. The Kier molecular flexibility index (Phi) is 3.22. The molecule has 0 amide bonds. The fourth-order valence-corrected chi connectivity index (χ4v) is 7.74. The lowest BCUT2D eigenvalue weighted by Crippen LogP contribution is -2.67. The number of ether oxygens (including phenoxy) is 1. The average Bonchev–Trinajstić information content (AvgIpc) is 2.89. The maximum Gasteiger partial charge on any atom is 0.190 e. The van der Waals surface area contributed by atoms with E-state index in [0.29, 0.717) is 24.2 Å². The molecule has 5 rings (SSSR count). The highest BCUT2D eigenvalue weighted by Gasteiger charge is 2.72. The van der Waals surface area contributed by atoms with Gasteiger partial charge >= 0.3 is 0 Å². The van der Waals surface area contributed by atoms with Gasteiger partial charge in [-0.3, -0.25) is 9.59 Å². The molecule has 1 aliphatic heterocycles. The number of fused-ring (bicyclic) bond motifs is 6. The van der Waals surface area contributed by atoms with Gasteiger partial charge in [0.05, 0.1) is 6.10 Å². The van der Waals surface area contributed by atoms with E-state index in [-0.39, 0.29) is 34.9 Å². The normalized spacial score (nSPS) is 55.1. The third-order valence-corrected chi connectivity index (χ3v) is 8.84. The molecule has 1 saturated heterocycles. The number of ketones is 2. The van der Waals surface area contributed by atoms with Gasteiger partial charge in [0.2, 0.25) is 0 Å². The van der Waals surface area contributed by atoms with E-state index in [1.807, 2.05) is 6.08 Å². The van der Waals surface area contributed by atoms with Gasteiger partial charge < -0.3 is 9.84 Å². The number of carbonyl (C=O) groups is 2. The Labute approximate surface area is 154 Å². The molecule has 0 aromatic heterocycles. The Morgan fingerprint density at radius 3 is 2.69 bits per heavy atom. The topological polar surface area (TPSA) is 63.6 Å². The Morgan fingerprint density at radius 2 is 2.04 bits per heavy atom. The van der Waals surface area contributed by atoms with Crippen LogP contribution in [-0.4, -0.2) is 35.0 Å². The first-order chi connectivity index (χ1) is 12.2. The van der Waals surface area contributed by atoms with Crippen LogP contribution >= 0.6 is 0 Å². The highest BCUT2D eigenvalue weighted by Crippen LogP contribution is 2.69. The van der Waals surface area contributed by atoms with Gasteiger partial charge in [0.25, 0.3) is 0 Å². The number of aliphatic hydroxyl groups excluding tert-OH is 1. The summed E-state index contributed by atoms with van der Waals surface area (Å²) in [7, 11) is 0. The number of hydrogen-bond acceptors (Lipinski definition) is 4. The van der Waals surface area contributed by atoms with E-state index >= 15 is 0 Å². The van der Waals surface area contributed by atoms with E-state index in [0.717, 1.165) is 19.3 Å². The molecule has 1 N–H and O–H groups in total. The van der Waals surface area contributed by atoms with Gasteiger partial charge in [-0.15, -0.1) is 0 Å². The molecule has 1 spiro atoms. The minimum atomic E-state index is -0.651. The lowest BCUT2D eigenvalue weighted by Gasteiger charge is -2.62. The van der Waals surface area contributed by atoms with Gasteiger partial charge in [0, 0.05) is 16.7 Å². The second-order valence-electron chi connectivity index (χ2n) is 9.82. The van der Waals surface area contributed by atoms with Crippen LogP contribution in [0.3, 0.4) is 0 Å². The molecule has 0 aromatic rings. The monoisotopic (exact) mass is 356 g/mol. The van der Waals surface area contributed by atoms with Crippen molar-refractivity contribution in [2.45, 2.75) is 58.2 Å². The molecule has 3 saturated carbocycles. The molecule has 5 aliphatic rings. The molecule has 26 heavy (non-hydrogen) atoms. The number of Topliss-reactive ketones (excluding diaryl/α,β-unsaturated/α-hetero) is 1. The van der Waals surface area contributed by atoms with Crippen LogP contribution in [0.5, 0.6) is 0 Å². The molecule has 0 unspecified atom stereocenters. The zero-order chi connectivity index (χ0) is 18.5. The van der Waals surface area contributed by atoms with Crippen molar-refractivity contribution < 1.29 is 19.4 Å². The maximum atomic E-state index is 12.5. The Morgan fingerprint density at radius 1 is 1.27 bits per heavy atom. The summed E-state index contributed by atoms with van der Waals surface area (Å²) in [6.45, 7) is 6.82. The van der Waals surface area contributed by atoms with Crippen LogP contribution in [0.4, 0.5) is 0 Å². The summed E-state index contributed by atoms with van der Waals surface area (Å²) in [4.78, 5) is 24.5. The summed E-state index contributed by atoms with van der Waals surface area (Å²) in [6, 6.07) is 0. The maximum absolute atomic E-state index is 12.5. The van der Waals surface area contributed by atoms with Crippen molar-refractivity contribution in [2.75, 3.05) is 6.61 Å². The van der Waals surface area contributed by atoms with E-state index in [1.54, 1.807) is 12.2 Å². The second kappa shape index (κ2) is 4.96. The second-order valence-corrected chi connectivity index (χ2v) is 9.82. The van der Waals surface area contributed by atoms with Crippen molar-refractivity contribution in [3.63, 3.8) is 0 Å². The van der Waals surface area contributed by atoms with Crippen LogP contribution in [0.1, 0.15) is 46.5 Å². The van der Waals surface area contributed by atoms with Gasteiger partial charge in [-0.1, -0.05) is 32.4 Å². The smallest absolute Gasteiger partial charge is 0.190 e. The van der Waals surface area contributed by atoms with Crippen molar-refractivity contribution in [3.05, 3.63) is 23.8 Å². The molecular weight excluding hydrogens is 328 g/mol. The summed E-state index contributed by atoms with van der Waals surface area (Å²) in [5, 5.41) is 11.3. The molecule has 4 nitrogen and oxygen atoms in total. The van der Waals surface area contributed by atoms with Gasteiger partial charge in [-0.2, -0.15) is 0 Å². The molecule has 4 aliphatic carbocycles. The van der Waals surface area contributed by atoms with Crippen LogP contribution in [-0.2, 0) is 14.3 Å². The van der Waals surface area contributed by atoms with Gasteiger partial charge in [0.15, 0.2) is 11.6 Å². The Hall–Kier alpha value is -1.26. The first-order valence-corrected chi connectivity index (χ1v) is 10.0. The van der Waals surface area contributed by atoms with Crippen molar-refractivity contribution in [1.82, 2.24) is 0 Å². The van der Waals surface area contributed by atoms with Crippen LogP contribution in [0.2, 0.25) is 0 Å². The SMILES string of the molecule is C[C@H]1C[C@@H]2[C@H]([C@@H](O)C[C@@]3(C)[C@H]2CC[C@]32OCC2=O)[C@@]2(C)C=CC(=O)C=C12. The van der Waals surface area contributed by atoms with Gasteiger partial charge in [-0.25, -0.2) is 0 Å². The van der Waals surface area contributed by atoms with Crippen LogP contribution in [0.25, 0.3) is 0 Å². The molecule has 0 radical (unpaired) electrons. The fraction of sp³-hybridized carbons (Fsp3) is 0.727. The first-order valence-electron chi connectivity index (χ1n) is 10.0. The highest BCUT2D eigenvalue weighted by molar-refractivity contribution is 6.01. The third-order valence-electron chi connectivity index (χ3n) is 8.84. The minimum Gasteiger partial charge on any atom is -0.393 e. The predicted octanol–water partition coefficient (Wildman–Crippen LogP) is 2.85. The quantitative estimate of drug-likeness (QED) is 0.725. The number of allylic oxidation sites excluding steroid dienone is 4. The van der Waals surface area contributed by atoms with Crippen LogP contribution < -0.4 is 0 Å². The van der Waals surface area contributed by atoms with Gasteiger partial charge in [0.1, 0.15) is 12.2 Å². The van der Waals surface area contributed by atoms with Crippen molar-refractivity contribution >= 4 is 11.6 Å². The van der Waals surface area contributed by atoms with Gasteiger partial charge in [-0.05, 0) is 55.6 Å². The van der Waals surface area contributed by atoms with E-state index in [9.17, 15) is 14.7 Å². The number of carbonyl (C=O) groups excluding carboxylic acids is 2. The summed E-state index contributed by atoms with van der Waals surface area (Å²) in [5.74, 6) is 1.47. The van der Waals surface area contributed by atoms with Crippen LogP contribution in [0.15, 0.2) is 23.8 Å². The number of aliphatic hydroxyl groups is 1. The molecule has 0 bridgehead atoms. The van der Waals surface area contributed by atoms with E-state index < -0.39 is 11.7 Å². The number of rotatable bonds is 0. The standard InChI is InChI=1S/C22H28O4/c1-12-8-14-15-5-7-22(18(25)11-26-22)21(15,3)10-17(24)19(14)20(2)6-4-13(23)9-16(12)20/h4,6,9,12,14-15,17,19,24H,5,7-8,10-11H2,1-3H3/t12-,14-,15-,17-,19+,20-,21-,22+/m0/s1. The first kappa shape index (κ1) is 16.9. The summed E-state index contributed by atoms with van der Waals surface area (Å²) in [5.41, 5.74) is -0.00831. The van der Waals surface area contributed by atoms with E-state index in [2.05, 4.69) is 20.8 Å². The summed E-state index contributed by atoms with van der Waals surface area (Å²) in [6.07, 6.45) is 8.43. The fourth-order valence-electron chi connectivity index (χ4n) is 7.74. The van der Waals surface area contributed by atoms with Crippen LogP contribution in [0, 0.1) is 34.5 Å². The number of hydrogen-bond donors (Lipinski definition) is 1. The molecule has 8 atom stereocenters. The lowest BCUT2D eigenvalue weighted by molar-refractivity contribution is -0.225. The predicted molar refractivity (Wildman–Crippen MR) is 96.2 cm³/mol. The Balaban J connectivity index is 1.59. The highest BCUT2D eigenvalue weighted by atomic mass is 16.5. The molecule has 1 heterocycles. The molecule has 4 fully saturated rings. The zero-order valence-electron chi connectivity index (χ0n) is 15.8. The molecular formula is C22H28O4. The largest absolute Gasteiger partial charge is 0.393 e. The molecule has 140 valence electrons. The molecule has 0 aromatic carbocycles. The minimum absolute atomic E-state index is 0.0613. The summed E-state index contributed by atoms with van der Waals surface area (Å²) >= 11 is 0.